The zero-order valence-electron chi connectivity index (χ0n) is 16.3. The van der Waals surface area contributed by atoms with Crippen molar-refractivity contribution in [2.75, 3.05) is 44.2 Å². The first kappa shape index (κ1) is 18.8. The lowest BCUT2D eigenvalue weighted by Crippen LogP contribution is -2.42. The first-order valence-electron chi connectivity index (χ1n) is 10.0. The normalized spacial score (nSPS) is 27.0. The topological polar surface area (TPSA) is 81.2 Å². The van der Waals surface area contributed by atoms with Crippen LogP contribution < -0.4 is 4.90 Å². The highest BCUT2D eigenvalue weighted by Gasteiger charge is 2.59. The van der Waals surface area contributed by atoms with E-state index >= 15 is 0 Å². The van der Waals surface area contributed by atoms with Gasteiger partial charge in [-0.15, -0.1) is 0 Å². The molecule has 3 aliphatic heterocycles. The number of carboxylic acids is 1. The maximum Gasteiger partial charge on any atom is 0.313 e. The number of likely N-dealkylation sites (tertiary alicyclic amines) is 2. The minimum Gasteiger partial charge on any atom is -0.481 e. The Balaban J connectivity index is 1.47. The average molecular weight is 385 g/mol. The van der Waals surface area contributed by atoms with Crippen LogP contribution in [0.15, 0.2) is 24.3 Å². The molecule has 0 bridgehead atoms. The van der Waals surface area contributed by atoms with Gasteiger partial charge in [0.05, 0.1) is 0 Å². The molecule has 7 nitrogen and oxygen atoms in total. The number of carboxylic acid groups (broad SMARTS) is 1. The molecule has 0 unspecified atom stereocenters. The van der Waals surface area contributed by atoms with Crippen molar-refractivity contribution in [2.24, 2.45) is 11.3 Å². The van der Waals surface area contributed by atoms with E-state index < -0.39 is 11.4 Å². The molecule has 0 aliphatic carbocycles. The predicted molar refractivity (Wildman–Crippen MR) is 104 cm³/mol. The molecule has 3 fully saturated rings. The van der Waals surface area contributed by atoms with Crippen LogP contribution in [0.5, 0.6) is 0 Å². The average Bonchev–Trinajstić information content (AvgIpc) is 3.24. The third-order valence-electron chi connectivity index (χ3n) is 6.60. The number of fused-ring (bicyclic) bond motifs is 1. The number of amides is 2. The van der Waals surface area contributed by atoms with Gasteiger partial charge in [0.1, 0.15) is 5.41 Å². The number of benzene rings is 1. The van der Waals surface area contributed by atoms with E-state index in [2.05, 4.69) is 4.90 Å². The number of hydrogen-bond donors (Lipinski definition) is 1. The van der Waals surface area contributed by atoms with Crippen molar-refractivity contribution < 1.29 is 19.5 Å². The highest BCUT2D eigenvalue weighted by atomic mass is 16.4. The molecule has 7 heteroatoms. The Morgan fingerprint density at radius 1 is 0.964 bits per heavy atom. The molecule has 1 aromatic rings. The molecule has 150 valence electrons. The van der Waals surface area contributed by atoms with Crippen molar-refractivity contribution >= 4 is 23.5 Å². The molecule has 1 N–H and O–H groups in total. The summed E-state index contributed by atoms with van der Waals surface area (Å²) < 4.78 is 0. The van der Waals surface area contributed by atoms with Gasteiger partial charge in [-0.1, -0.05) is 0 Å². The van der Waals surface area contributed by atoms with Crippen LogP contribution in [-0.4, -0.2) is 72.0 Å². The summed E-state index contributed by atoms with van der Waals surface area (Å²) in [4.78, 5) is 42.3. The largest absolute Gasteiger partial charge is 0.481 e. The van der Waals surface area contributed by atoms with Gasteiger partial charge in [-0.3, -0.25) is 14.4 Å². The maximum atomic E-state index is 13.0. The lowest BCUT2D eigenvalue weighted by atomic mass is 9.81. The van der Waals surface area contributed by atoms with E-state index in [1.54, 1.807) is 9.80 Å². The third-order valence-corrected chi connectivity index (χ3v) is 6.60. The second-order valence-corrected chi connectivity index (χ2v) is 8.34. The van der Waals surface area contributed by atoms with Gasteiger partial charge in [-0.2, -0.15) is 0 Å². The predicted octanol–water partition coefficient (Wildman–Crippen LogP) is 1.68. The molecular formula is C21H27N3O4. The van der Waals surface area contributed by atoms with Crippen molar-refractivity contribution in [3.8, 4) is 0 Å². The van der Waals surface area contributed by atoms with Gasteiger partial charge in [0, 0.05) is 63.4 Å². The Bertz CT molecular complexity index is 787. The van der Waals surface area contributed by atoms with Crippen LogP contribution in [0.1, 0.15) is 36.5 Å². The Hall–Kier alpha value is -2.57. The molecule has 2 amide bonds. The number of rotatable bonds is 3. The van der Waals surface area contributed by atoms with Gasteiger partial charge < -0.3 is 19.8 Å². The zero-order chi connectivity index (χ0) is 19.9. The summed E-state index contributed by atoms with van der Waals surface area (Å²) >= 11 is 0. The molecule has 0 spiro atoms. The molecule has 3 aliphatic rings. The highest BCUT2D eigenvalue weighted by Crippen LogP contribution is 2.43. The second-order valence-electron chi connectivity index (χ2n) is 8.34. The molecule has 2 atom stereocenters. The molecule has 4 rings (SSSR count). The second kappa shape index (κ2) is 7.11. The fourth-order valence-electron chi connectivity index (χ4n) is 4.91. The van der Waals surface area contributed by atoms with Crippen LogP contribution in [0.4, 0.5) is 5.69 Å². The molecule has 3 saturated heterocycles. The summed E-state index contributed by atoms with van der Waals surface area (Å²) in [6, 6.07) is 7.66. The van der Waals surface area contributed by atoms with Gasteiger partial charge in [-0.05, 0) is 43.5 Å². The molecule has 1 aromatic carbocycles. The van der Waals surface area contributed by atoms with Gasteiger partial charge in [0.15, 0.2) is 0 Å². The van der Waals surface area contributed by atoms with Crippen LogP contribution >= 0.6 is 0 Å². The first-order valence-corrected chi connectivity index (χ1v) is 10.0. The van der Waals surface area contributed by atoms with Crippen LogP contribution in [-0.2, 0) is 9.59 Å². The number of carbonyl (C=O) groups is 3. The van der Waals surface area contributed by atoms with Crippen molar-refractivity contribution in [2.45, 2.75) is 26.2 Å². The third kappa shape index (κ3) is 3.12. The van der Waals surface area contributed by atoms with Crippen LogP contribution in [0, 0.1) is 11.3 Å². The minimum atomic E-state index is -1.05. The number of carbonyl (C=O) groups excluding carboxylic acids is 2. The van der Waals surface area contributed by atoms with E-state index in [0.29, 0.717) is 18.7 Å². The van der Waals surface area contributed by atoms with Gasteiger partial charge in [0.2, 0.25) is 5.91 Å². The summed E-state index contributed by atoms with van der Waals surface area (Å²) in [5, 5.41) is 9.84. The fraction of sp³-hybridized carbons (Fsp3) is 0.571. The smallest absolute Gasteiger partial charge is 0.313 e. The molecular weight excluding hydrogens is 358 g/mol. The van der Waals surface area contributed by atoms with Crippen molar-refractivity contribution in [1.82, 2.24) is 9.80 Å². The Morgan fingerprint density at radius 2 is 1.57 bits per heavy atom. The summed E-state index contributed by atoms with van der Waals surface area (Å²) in [6.45, 7) is 4.68. The number of aliphatic carboxylic acids is 1. The van der Waals surface area contributed by atoms with E-state index in [-0.39, 0.29) is 30.8 Å². The SMILES string of the molecule is CC(=O)N1C[C@H]2CN(C(=O)c3ccc(N4CCCCC4)cc3)C[C@@]2(C(=O)O)C1. The first-order chi connectivity index (χ1) is 13.4. The molecule has 0 saturated carbocycles. The van der Waals surface area contributed by atoms with E-state index in [4.69, 9.17) is 0 Å². The molecule has 3 heterocycles. The summed E-state index contributed by atoms with van der Waals surface area (Å²) in [6.07, 6.45) is 3.67. The van der Waals surface area contributed by atoms with Crippen molar-refractivity contribution in [3.63, 3.8) is 0 Å². The van der Waals surface area contributed by atoms with Gasteiger partial charge in [0.25, 0.3) is 5.91 Å². The molecule has 0 radical (unpaired) electrons. The minimum absolute atomic E-state index is 0.110. The van der Waals surface area contributed by atoms with Crippen LogP contribution in [0.2, 0.25) is 0 Å². The monoisotopic (exact) mass is 385 g/mol. The Morgan fingerprint density at radius 3 is 2.14 bits per heavy atom. The zero-order valence-corrected chi connectivity index (χ0v) is 16.3. The number of anilines is 1. The van der Waals surface area contributed by atoms with E-state index in [1.807, 2.05) is 24.3 Å². The number of hydrogen-bond acceptors (Lipinski definition) is 4. The van der Waals surface area contributed by atoms with Crippen LogP contribution in [0.25, 0.3) is 0 Å². The molecule has 28 heavy (non-hydrogen) atoms. The Kier molecular flexibility index (Phi) is 4.77. The van der Waals surface area contributed by atoms with Crippen molar-refractivity contribution in [1.29, 1.82) is 0 Å². The van der Waals surface area contributed by atoms with Gasteiger partial charge >= 0.3 is 5.97 Å². The maximum absolute atomic E-state index is 13.0. The standard InChI is InChI=1S/C21H27N3O4/c1-15(25)23-11-17-12-24(14-21(17,13-23)20(27)28)19(26)16-5-7-18(8-6-16)22-9-3-2-4-10-22/h5-8,17H,2-4,9-14H2,1H3,(H,27,28)/t17-,21-/m0/s1. The summed E-state index contributed by atoms with van der Waals surface area (Å²) in [7, 11) is 0. The lowest BCUT2D eigenvalue weighted by Gasteiger charge is -2.29. The van der Waals surface area contributed by atoms with Crippen molar-refractivity contribution in [3.05, 3.63) is 29.8 Å². The summed E-state index contributed by atoms with van der Waals surface area (Å²) in [5.41, 5.74) is 0.674. The fourth-order valence-corrected chi connectivity index (χ4v) is 4.91. The van der Waals surface area contributed by atoms with E-state index in [1.165, 1.54) is 26.2 Å². The van der Waals surface area contributed by atoms with Gasteiger partial charge in [-0.25, -0.2) is 0 Å². The Labute approximate surface area is 164 Å². The van der Waals surface area contributed by atoms with E-state index in [0.717, 1.165) is 18.8 Å². The lowest BCUT2D eigenvalue weighted by molar-refractivity contribution is -0.149. The number of piperidine rings is 1. The number of nitrogens with zero attached hydrogens (tertiary/aromatic N) is 3. The van der Waals surface area contributed by atoms with E-state index in [9.17, 15) is 19.5 Å². The van der Waals surface area contributed by atoms with Crippen LogP contribution in [0.3, 0.4) is 0 Å². The quantitative estimate of drug-likeness (QED) is 0.856. The molecule has 0 aromatic heterocycles. The highest BCUT2D eigenvalue weighted by molar-refractivity contribution is 5.95. The summed E-state index contributed by atoms with van der Waals surface area (Å²) in [5.74, 6) is -1.38.